The normalized spacial score (nSPS) is 61.3. The van der Waals surface area contributed by atoms with Crippen molar-refractivity contribution in [2.24, 2.45) is 34.5 Å². The van der Waals surface area contributed by atoms with Crippen molar-refractivity contribution in [1.29, 1.82) is 0 Å². The largest absolute Gasteiger partial charge is 0.461 e. The van der Waals surface area contributed by atoms with Gasteiger partial charge in [0.2, 0.25) is 0 Å². The van der Waals surface area contributed by atoms with Crippen LogP contribution in [-0.4, -0.2) is 29.6 Å². The fraction of sp³-hybridized carbons (Fsp3) is 0.818. The third-order valence-electron chi connectivity index (χ3n) is 9.95. The number of carbonyl (C=O) groups is 2. The molecule has 26 heavy (non-hydrogen) atoms. The molecule has 0 aromatic rings. The lowest BCUT2D eigenvalue weighted by Crippen LogP contribution is -2.60. The summed E-state index contributed by atoms with van der Waals surface area (Å²) >= 11 is 0. The van der Waals surface area contributed by atoms with Gasteiger partial charge in [0.1, 0.15) is 11.2 Å². The van der Waals surface area contributed by atoms with Gasteiger partial charge in [-0.15, -0.1) is 0 Å². The zero-order chi connectivity index (χ0) is 18.1. The third-order valence-corrected chi connectivity index (χ3v) is 9.95. The Morgan fingerprint density at radius 1 is 1.27 bits per heavy atom. The number of ether oxygens (including phenoxy) is 2. The zero-order valence-corrected chi connectivity index (χ0v) is 15.9. The molecule has 6 aliphatic rings. The van der Waals surface area contributed by atoms with Crippen LogP contribution in [0.4, 0.5) is 0 Å². The minimum absolute atomic E-state index is 0.00154. The lowest BCUT2D eigenvalue weighted by Gasteiger charge is -2.56. The molecular formula is C22H28O4. The van der Waals surface area contributed by atoms with E-state index in [9.17, 15) is 9.59 Å². The van der Waals surface area contributed by atoms with Gasteiger partial charge in [0, 0.05) is 17.3 Å². The first-order chi connectivity index (χ1) is 12.3. The molecule has 1 aliphatic heterocycles. The lowest BCUT2D eigenvalue weighted by molar-refractivity contribution is -0.162. The monoisotopic (exact) mass is 356 g/mol. The van der Waals surface area contributed by atoms with Crippen LogP contribution < -0.4 is 0 Å². The number of carbonyl (C=O) groups excluding carboxylic acids is 2. The summed E-state index contributed by atoms with van der Waals surface area (Å²) in [5.41, 5.74) is 0.999. The van der Waals surface area contributed by atoms with E-state index in [4.69, 9.17) is 9.47 Å². The molecule has 1 heterocycles. The molecule has 1 unspecified atom stereocenters. The lowest BCUT2D eigenvalue weighted by atomic mass is 9.46. The molecular weight excluding hydrogens is 328 g/mol. The van der Waals surface area contributed by atoms with Gasteiger partial charge in [-0.2, -0.15) is 0 Å². The van der Waals surface area contributed by atoms with Crippen LogP contribution in [0.3, 0.4) is 0 Å². The third kappa shape index (κ3) is 1.44. The first-order valence-corrected chi connectivity index (χ1v) is 10.3. The van der Waals surface area contributed by atoms with E-state index < -0.39 is 0 Å². The van der Waals surface area contributed by atoms with Gasteiger partial charge in [0.25, 0.3) is 6.47 Å². The van der Waals surface area contributed by atoms with Crippen LogP contribution in [0.25, 0.3) is 0 Å². The topological polar surface area (TPSA) is 55.9 Å². The number of rotatable bonds is 2. The molecule has 1 spiro atoms. The minimum atomic E-state index is -0.374. The van der Waals surface area contributed by atoms with Crippen molar-refractivity contribution < 1.29 is 19.1 Å². The highest BCUT2D eigenvalue weighted by molar-refractivity contribution is 5.92. The van der Waals surface area contributed by atoms with Gasteiger partial charge in [0.05, 0.1) is 6.10 Å². The first-order valence-electron chi connectivity index (χ1n) is 10.3. The Labute approximate surface area is 154 Å². The summed E-state index contributed by atoms with van der Waals surface area (Å²) in [7, 11) is 0. The molecule has 140 valence electrons. The van der Waals surface area contributed by atoms with Crippen LogP contribution in [0.2, 0.25) is 0 Å². The Kier molecular flexibility index (Phi) is 2.62. The second-order valence-corrected chi connectivity index (χ2v) is 10.5. The predicted molar refractivity (Wildman–Crippen MR) is 94.1 cm³/mol. The summed E-state index contributed by atoms with van der Waals surface area (Å²) in [6.45, 7) is 7.51. The molecule has 4 saturated carbocycles. The smallest absolute Gasteiger partial charge is 0.293 e. The van der Waals surface area contributed by atoms with E-state index in [1.54, 1.807) is 0 Å². The summed E-state index contributed by atoms with van der Waals surface area (Å²) in [5, 5.41) is 0. The quantitative estimate of drug-likeness (QED) is 0.562. The van der Waals surface area contributed by atoms with Crippen LogP contribution >= 0.6 is 0 Å². The van der Waals surface area contributed by atoms with Crippen LogP contribution in [0.15, 0.2) is 11.6 Å². The van der Waals surface area contributed by atoms with Gasteiger partial charge < -0.3 is 9.47 Å². The molecule has 0 amide bonds. The fourth-order valence-corrected chi connectivity index (χ4v) is 8.34. The maximum atomic E-state index is 12.1. The van der Waals surface area contributed by atoms with Crippen molar-refractivity contribution in [3.05, 3.63) is 11.6 Å². The average Bonchev–Trinajstić information content (AvgIpc) is 3.47. The second kappa shape index (κ2) is 4.29. The average molecular weight is 356 g/mol. The van der Waals surface area contributed by atoms with Gasteiger partial charge in [-0.25, -0.2) is 0 Å². The molecule has 0 bridgehead atoms. The number of ketones is 1. The molecule has 0 aromatic heterocycles. The molecule has 4 nitrogen and oxygen atoms in total. The van der Waals surface area contributed by atoms with Gasteiger partial charge in [0.15, 0.2) is 5.78 Å². The Balaban J connectivity index is 1.47. The highest BCUT2D eigenvalue weighted by Crippen LogP contribution is 2.82. The molecule has 0 aromatic carbocycles. The zero-order valence-electron chi connectivity index (χ0n) is 15.9. The van der Waals surface area contributed by atoms with Crippen LogP contribution in [0.1, 0.15) is 59.3 Å². The molecule has 9 atom stereocenters. The maximum absolute atomic E-state index is 12.1. The van der Waals surface area contributed by atoms with Crippen molar-refractivity contribution in [3.8, 4) is 0 Å². The molecule has 6 rings (SSSR count). The number of fused-ring (bicyclic) bond motifs is 6. The van der Waals surface area contributed by atoms with E-state index in [1.165, 1.54) is 12.0 Å². The Bertz CT molecular complexity index is 772. The number of hydrogen-bond donors (Lipinski definition) is 0. The van der Waals surface area contributed by atoms with E-state index in [-0.39, 0.29) is 28.1 Å². The van der Waals surface area contributed by atoms with E-state index in [0.717, 1.165) is 25.7 Å². The van der Waals surface area contributed by atoms with Crippen LogP contribution in [-0.2, 0) is 19.1 Å². The van der Waals surface area contributed by atoms with Crippen molar-refractivity contribution in [2.45, 2.75) is 76.6 Å². The van der Waals surface area contributed by atoms with Crippen molar-refractivity contribution in [3.63, 3.8) is 0 Å². The standard InChI is InChI=1S/C22H28O4/c1-19-6-4-12(24)8-16(19)13-9-14(13)18-15-5-7-21(3,25-11-23)20(15,2)10-17-22(18,19)26-17/h8,11,13-15,17-18H,4-7,9-10H2,1-3H3/t13-,14+,15+,17-,18+,19+,20+,21+,22?/m1/s1. The second-order valence-electron chi connectivity index (χ2n) is 10.5. The van der Waals surface area contributed by atoms with Gasteiger partial charge in [-0.1, -0.05) is 19.4 Å². The predicted octanol–water partition coefficient (Wildman–Crippen LogP) is 3.44. The van der Waals surface area contributed by atoms with Gasteiger partial charge in [-0.05, 0) is 68.8 Å². The summed E-state index contributed by atoms with van der Waals surface area (Å²) in [6.07, 6.45) is 8.13. The van der Waals surface area contributed by atoms with Gasteiger partial charge >= 0.3 is 0 Å². The summed E-state index contributed by atoms with van der Waals surface area (Å²) in [6, 6.07) is 0. The molecule has 4 heteroatoms. The Morgan fingerprint density at radius 3 is 2.85 bits per heavy atom. The molecule has 1 saturated heterocycles. The summed E-state index contributed by atoms with van der Waals surface area (Å²) in [4.78, 5) is 23.3. The minimum Gasteiger partial charge on any atom is -0.461 e. The SMILES string of the molecule is C[C@]12CCC(=O)C=C1[C@@H]1C[C@@H]1[C@H]1[C@@H]3CC[C@](C)(OC=O)[C@@]3(C)C[C@H]3OC132. The van der Waals surface area contributed by atoms with E-state index in [2.05, 4.69) is 20.8 Å². The summed E-state index contributed by atoms with van der Waals surface area (Å²) < 4.78 is 12.4. The van der Waals surface area contributed by atoms with Gasteiger partial charge in [-0.3, -0.25) is 9.59 Å². The van der Waals surface area contributed by atoms with Crippen molar-refractivity contribution in [1.82, 2.24) is 0 Å². The number of epoxide rings is 1. The van der Waals surface area contributed by atoms with Crippen molar-refractivity contribution in [2.75, 3.05) is 0 Å². The highest BCUT2D eigenvalue weighted by atomic mass is 16.6. The van der Waals surface area contributed by atoms with Crippen LogP contribution in [0.5, 0.6) is 0 Å². The first kappa shape index (κ1) is 15.9. The van der Waals surface area contributed by atoms with E-state index in [0.29, 0.717) is 42.3 Å². The summed E-state index contributed by atoms with van der Waals surface area (Å²) in [5.74, 6) is 2.67. The molecule has 5 aliphatic carbocycles. The highest BCUT2D eigenvalue weighted by Gasteiger charge is 2.85. The Morgan fingerprint density at radius 2 is 2.08 bits per heavy atom. The van der Waals surface area contributed by atoms with E-state index in [1.807, 2.05) is 6.08 Å². The molecule has 0 radical (unpaired) electrons. The maximum Gasteiger partial charge on any atom is 0.293 e. The van der Waals surface area contributed by atoms with Crippen molar-refractivity contribution >= 4 is 12.3 Å². The molecule has 5 fully saturated rings. The fourth-order valence-electron chi connectivity index (χ4n) is 8.34. The number of hydrogen-bond acceptors (Lipinski definition) is 4. The Hall–Kier alpha value is -1.16. The van der Waals surface area contributed by atoms with Crippen LogP contribution in [0, 0.1) is 34.5 Å². The van der Waals surface area contributed by atoms with E-state index >= 15 is 0 Å². The molecule has 0 N–H and O–H groups in total.